The van der Waals surface area contributed by atoms with Gasteiger partial charge in [0.2, 0.25) is 11.9 Å². The van der Waals surface area contributed by atoms with Gasteiger partial charge < -0.3 is 10.6 Å². The van der Waals surface area contributed by atoms with Crippen molar-refractivity contribution in [1.82, 2.24) is 15.0 Å². The van der Waals surface area contributed by atoms with Crippen LogP contribution in [0, 0.1) is 12.3 Å². The second-order valence-electron chi connectivity index (χ2n) is 2.45. The molecule has 0 aliphatic carbocycles. The molecule has 0 amide bonds. The van der Waals surface area contributed by atoms with E-state index >= 15 is 0 Å². The van der Waals surface area contributed by atoms with E-state index in [9.17, 15) is 8.78 Å². The molecule has 0 aliphatic rings. The molecule has 1 heterocycles. The standard InChI is InChI=1S/C8H9F2N5S/c1-3-4-12-7-13-6(11-2)14-8(15-7)16-5(9)10/h1,5H,4H2,2H3,(H2,11,12,13,14,15). The van der Waals surface area contributed by atoms with Crippen LogP contribution >= 0.6 is 11.8 Å². The molecule has 0 fully saturated rings. The SMILES string of the molecule is C#CCNc1nc(NC)nc(SC(F)F)n1. The van der Waals surface area contributed by atoms with Gasteiger partial charge in [-0.1, -0.05) is 5.92 Å². The third-order valence-corrected chi connectivity index (χ3v) is 1.95. The zero-order valence-electron chi connectivity index (χ0n) is 8.37. The molecule has 0 saturated carbocycles. The van der Waals surface area contributed by atoms with Crippen LogP contribution in [0.4, 0.5) is 20.7 Å². The molecule has 1 aromatic rings. The molecular formula is C8H9F2N5S. The average molecular weight is 245 g/mol. The third kappa shape index (κ3) is 3.86. The highest BCUT2D eigenvalue weighted by molar-refractivity contribution is 7.99. The van der Waals surface area contributed by atoms with Gasteiger partial charge >= 0.3 is 0 Å². The molecule has 16 heavy (non-hydrogen) atoms. The van der Waals surface area contributed by atoms with Crippen molar-refractivity contribution in [2.75, 3.05) is 24.2 Å². The number of hydrogen-bond donors (Lipinski definition) is 2. The minimum atomic E-state index is -2.58. The predicted molar refractivity (Wildman–Crippen MR) is 58.6 cm³/mol. The van der Waals surface area contributed by atoms with Crippen molar-refractivity contribution in [3.05, 3.63) is 0 Å². The number of alkyl halides is 2. The zero-order chi connectivity index (χ0) is 12.0. The van der Waals surface area contributed by atoms with Crippen LogP contribution in [0.2, 0.25) is 0 Å². The van der Waals surface area contributed by atoms with Crippen molar-refractivity contribution in [3.63, 3.8) is 0 Å². The zero-order valence-corrected chi connectivity index (χ0v) is 9.18. The first kappa shape index (κ1) is 12.4. The van der Waals surface area contributed by atoms with Crippen LogP contribution in [-0.4, -0.2) is 34.3 Å². The second-order valence-corrected chi connectivity index (χ2v) is 3.41. The number of aromatic nitrogens is 3. The fraction of sp³-hybridized carbons (Fsp3) is 0.375. The molecule has 0 aromatic carbocycles. The van der Waals surface area contributed by atoms with Gasteiger partial charge in [0.25, 0.3) is 5.76 Å². The molecule has 8 heteroatoms. The number of nitrogens with one attached hydrogen (secondary N) is 2. The average Bonchev–Trinajstić information content (AvgIpc) is 2.25. The molecule has 5 nitrogen and oxygen atoms in total. The Kier molecular flexibility index (Phi) is 4.72. The van der Waals surface area contributed by atoms with E-state index in [0.29, 0.717) is 0 Å². The summed E-state index contributed by atoms with van der Waals surface area (Å²) in [4.78, 5) is 11.4. The Morgan fingerprint density at radius 1 is 1.38 bits per heavy atom. The lowest BCUT2D eigenvalue weighted by molar-refractivity contribution is 0.251. The highest BCUT2D eigenvalue weighted by Gasteiger charge is 2.11. The summed E-state index contributed by atoms with van der Waals surface area (Å²) in [7, 11) is 1.58. The normalized spacial score (nSPS) is 9.94. The molecule has 0 radical (unpaired) electrons. The molecular weight excluding hydrogens is 236 g/mol. The molecule has 86 valence electrons. The van der Waals surface area contributed by atoms with E-state index in [4.69, 9.17) is 6.42 Å². The summed E-state index contributed by atoms with van der Waals surface area (Å²) in [5.41, 5.74) is 0. The van der Waals surface area contributed by atoms with Crippen LogP contribution in [0.5, 0.6) is 0 Å². The Hall–Kier alpha value is -1.62. The Balaban J connectivity index is 2.88. The second kappa shape index (κ2) is 6.07. The van der Waals surface area contributed by atoms with Gasteiger partial charge in [0.05, 0.1) is 6.54 Å². The molecule has 0 atom stereocenters. The largest absolute Gasteiger partial charge is 0.357 e. The van der Waals surface area contributed by atoms with Gasteiger partial charge in [-0.2, -0.15) is 23.7 Å². The molecule has 2 N–H and O–H groups in total. The lowest BCUT2D eigenvalue weighted by atomic mass is 10.6. The number of hydrogen-bond acceptors (Lipinski definition) is 6. The summed E-state index contributed by atoms with van der Waals surface area (Å²) >= 11 is 0.248. The van der Waals surface area contributed by atoms with Crippen LogP contribution in [0.15, 0.2) is 5.16 Å². The quantitative estimate of drug-likeness (QED) is 0.601. The summed E-state index contributed by atoms with van der Waals surface area (Å²) in [5, 5.41) is 5.27. The Bertz CT molecular complexity index is 393. The Morgan fingerprint density at radius 2 is 2.06 bits per heavy atom. The van der Waals surface area contributed by atoms with Gasteiger partial charge in [-0.15, -0.1) is 6.42 Å². The van der Waals surface area contributed by atoms with Gasteiger partial charge in [-0.3, -0.25) is 0 Å². The van der Waals surface area contributed by atoms with E-state index in [1.165, 1.54) is 0 Å². The number of nitrogens with zero attached hydrogens (tertiary/aromatic N) is 3. The van der Waals surface area contributed by atoms with Gasteiger partial charge in [0.15, 0.2) is 5.16 Å². The fourth-order valence-corrected chi connectivity index (χ4v) is 1.25. The molecule has 0 saturated heterocycles. The van der Waals surface area contributed by atoms with E-state index in [2.05, 4.69) is 31.5 Å². The summed E-state index contributed by atoms with van der Waals surface area (Å²) in [6, 6.07) is 0. The number of thioether (sulfide) groups is 1. The smallest absolute Gasteiger partial charge is 0.291 e. The molecule has 1 aromatic heterocycles. The molecule has 0 bridgehead atoms. The molecule has 0 aliphatic heterocycles. The molecule has 0 spiro atoms. The van der Waals surface area contributed by atoms with Crippen molar-refractivity contribution in [2.24, 2.45) is 0 Å². The topological polar surface area (TPSA) is 62.7 Å². The third-order valence-electron chi connectivity index (χ3n) is 1.38. The first-order chi connectivity index (χ1) is 7.65. The fourth-order valence-electron chi connectivity index (χ4n) is 0.810. The van der Waals surface area contributed by atoms with Crippen molar-refractivity contribution in [2.45, 2.75) is 10.9 Å². The Labute approximate surface area is 95.5 Å². The van der Waals surface area contributed by atoms with Crippen molar-refractivity contribution < 1.29 is 8.78 Å². The van der Waals surface area contributed by atoms with E-state index in [-0.39, 0.29) is 35.4 Å². The lowest BCUT2D eigenvalue weighted by Gasteiger charge is -2.05. The van der Waals surface area contributed by atoms with Crippen LogP contribution in [-0.2, 0) is 0 Å². The van der Waals surface area contributed by atoms with Crippen molar-refractivity contribution >= 4 is 23.7 Å². The van der Waals surface area contributed by atoms with Gasteiger partial charge in [-0.25, -0.2) is 0 Å². The van der Waals surface area contributed by atoms with Crippen molar-refractivity contribution in [1.29, 1.82) is 0 Å². The van der Waals surface area contributed by atoms with E-state index < -0.39 is 5.76 Å². The maximum Gasteiger partial charge on any atom is 0.291 e. The maximum absolute atomic E-state index is 12.1. The van der Waals surface area contributed by atoms with Crippen LogP contribution in [0.3, 0.4) is 0 Å². The van der Waals surface area contributed by atoms with E-state index in [1.54, 1.807) is 7.05 Å². The summed E-state index contributed by atoms with van der Waals surface area (Å²) in [5.74, 6) is 0.124. The van der Waals surface area contributed by atoms with Gasteiger partial charge in [0.1, 0.15) is 0 Å². The first-order valence-corrected chi connectivity index (χ1v) is 5.09. The number of terminal acetylenes is 1. The summed E-state index contributed by atoms with van der Waals surface area (Å²) in [6.07, 6.45) is 5.04. The van der Waals surface area contributed by atoms with E-state index in [1.807, 2.05) is 0 Å². The highest BCUT2D eigenvalue weighted by Crippen LogP contribution is 2.22. The van der Waals surface area contributed by atoms with E-state index in [0.717, 1.165) is 0 Å². The monoisotopic (exact) mass is 245 g/mol. The minimum absolute atomic E-state index is 0.0612. The highest BCUT2D eigenvalue weighted by atomic mass is 32.2. The minimum Gasteiger partial charge on any atom is -0.357 e. The van der Waals surface area contributed by atoms with Gasteiger partial charge in [0, 0.05) is 7.05 Å². The first-order valence-electron chi connectivity index (χ1n) is 4.21. The molecule has 1 rings (SSSR count). The summed E-state index contributed by atoms with van der Waals surface area (Å²) < 4.78 is 24.3. The van der Waals surface area contributed by atoms with Crippen molar-refractivity contribution in [3.8, 4) is 12.3 Å². The van der Waals surface area contributed by atoms with Gasteiger partial charge in [-0.05, 0) is 11.8 Å². The van der Waals surface area contributed by atoms with Crippen LogP contribution in [0.25, 0.3) is 0 Å². The lowest BCUT2D eigenvalue weighted by Crippen LogP contribution is -2.08. The maximum atomic E-state index is 12.1. The summed E-state index contributed by atoms with van der Waals surface area (Å²) in [6.45, 7) is 0.214. The van der Waals surface area contributed by atoms with Crippen LogP contribution < -0.4 is 10.6 Å². The number of anilines is 2. The Morgan fingerprint density at radius 3 is 2.62 bits per heavy atom. The van der Waals surface area contributed by atoms with Crippen LogP contribution in [0.1, 0.15) is 0 Å². The predicted octanol–water partition coefficient (Wildman–Crippen LogP) is 1.27. The number of halogens is 2. The molecule has 0 unspecified atom stereocenters. The number of rotatable bonds is 5.